The van der Waals surface area contributed by atoms with Crippen LogP contribution in [0.3, 0.4) is 0 Å². The second-order valence-electron chi connectivity index (χ2n) is 6.15. The van der Waals surface area contributed by atoms with E-state index in [4.69, 9.17) is 0 Å². The van der Waals surface area contributed by atoms with Crippen molar-refractivity contribution in [1.82, 2.24) is 5.32 Å². The molecule has 0 bridgehead atoms. The number of hydrogen-bond acceptors (Lipinski definition) is 6. The summed E-state index contributed by atoms with van der Waals surface area (Å²) in [6.07, 6.45) is 3.16. The highest BCUT2D eigenvalue weighted by Gasteiger charge is 2.27. The van der Waals surface area contributed by atoms with E-state index < -0.39 is 14.8 Å². The zero-order valence-electron chi connectivity index (χ0n) is 12.8. The van der Waals surface area contributed by atoms with Crippen LogP contribution in [0.25, 0.3) is 0 Å². The normalized spacial score (nSPS) is 22.3. The van der Waals surface area contributed by atoms with Crippen LogP contribution < -0.4 is 10.6 Å². The Balaban J connectivity index is 2.21. The lowest BCUT2D eigenvalue weighted by atomic mass is 9.83. The first-order valence-electron chi connectivity index (χ1n) is 7.14. The van der Waals surface area contributed by atoms with Crippen LogP contribution in [0.15, 0.2) is 23.1 Å². The van der Waals surface area contributed by atoms with Gasteiger partial charge in [0.25, 0.3) is 5.69 Å². The maximum Gasteiger partial charge on any atom is 0.293 e. The lowest BCUT2D eigenvalue weighted by Gasteiger charge is -2.34. The summed E-state index contributed by atoms with van der Waals surface area (Å²) in [6.45, 7) is 4.58. The fraction of sp³-hybridized carbons (Fsp3) is 0.571. The molecule has 1 aromatic rings. The molecule has 1 heterocycles. The smallest absolute Gasteiger partial charge is 0.293 e. The van der Waals surface area contributed by atoms with E-state index in [0.717, 1.165) is 38.3 Å². The van der Waals surface area contributed by atoms with Gasteiger partial charge in [-0.15, -0.1) is 0 Å². The Morgan fingerprint density at radius 2 is 2.18 bits per heavy atom. The topological polar surface area (TPSA) is 101 Å². The minimum absolute atomic E-state index is 0.0294. The Labute approximate surface area is 130 Å². The predicted octanol–water partition coefficient (Wildman–Crippen LogP) is 1.80. The van der Waals surface area contributed by atoms with E-state index in [1.165, 1.54) is 12.1 Å². The maximum absolute atomic E-state index is 11.5. The van der Waals surface area contributed by atoms with Crippen LogP contribution in [0.2, 0.25) is 0 Å². The molecule has 1 atom stereocenters. The van der Waals surface area contributed by atoms with E-state index in [0.29, 0.717) is 12.2 Å². The molecule has 1 saturated heterocycles. The number of sulfone groups is 1. The van der Waals surface area contributed by atoms with Gasteiger partial charge in [-0.1, -0.05) is 6.92 Å². The molecule has 122 valence electrons. The molecule has 0 amide bonds. The summed E-state index contributed by atoms with van der Waals surface area (Å²) in [4.78, 5) is 10.6. The number of hydrogen-bond donors (Lipinski definition) is 2. The van der Waals surface area contributed by atoms with Crippen molar-refractivity contribution in [2.45, 2.75) is 24.7 Å². The Morgan fingerprint density at radius 1 is 1.45 bits per heavy atom. The van der Waals surface area contributed by atoms with E-state index >= 15 is 0 Å². The summed E-state index contributed by atoms with van der Waals surface area (Å²) >= 11 is 0. The largest absolute Gasteiger partial charge is 0.379 e. The van der Waals surface area contributed by atoms with Gasteiger partial charge in [-0.3, -0.25) is 10.1 Å². The molecule has 1 aliphatic rings. The average Bonchev–Trinajstić information content (AvgIpc) is 2.44. The van der Waals surface area contributed by atoms with Crippen LogP contribution in [0, 0.1) is 15.5 Å². The molecule has 1 unspecified atom stereocenters. The van der Waals surface area contributed by atoms with Crippen molar-refractivity contribution in [3.8, 4) is 0 Å². The van der Waals surface area contributed by atoms with E-state index in [9.17, 15) is 18.5 Å². The SMILES string of the molecule is CC1(CNc2ccc(S(C)(=O)=O)cc2[N+](=O)[O-])CCCNC1. The van der Waals surface area contributed by atoms with Gasteiger partial charge in [0.2, 0.25) is 0 Å². The molecule has 0 aromatic heterocycles. The summed E-state index contributed by atoms with van der Waals surface area (Å²) in [5.74, 6) is 0. The predicted molar refractivity (Wildman–Crippen MR) is 84.9 cm³/mol. The zero-order valence-corrected chi connectivity index (χ0v) is 13.6. The number of nitro groups is 1. The lowest BCUT2D eigenvalue weighted by molar-refractivity contribution is -0.384. The van der Waals surface area contributed by atoms with Crippen molar-refractivity contribution in [2.75, 3.05) is 31.2 Å². The molecule has 1 fully saturated rings. The zero-order chi connectivity index (χ0) is 16.4. The molecule has 7 nitrogen and oxygen atoms in total. The van der Waals surface area contributed by atoms with Crippen molar-refractivity contribution >= 4 is 21.2 Å². The first-order valence-corrected chi connectivity index (χ1v) is 9.04. The third-order valence-corrected chi connectivity index (χ3v) is 5.10. The van der Waals surface area contributed by atoms with Gasteiger partial charge in [0.15, 0.2) is 9.84 Å². The van der Waals surface area contributed by atoms with Gasteiger partial charge < -0.3 is 10.6 Å². The first-order chi connectivity index (χ1) is 10.2. The minimum atomic E-state index is -3.47. The summed E-state index contributed by atoms with van der Waals surface area (Å²) in [6, 6.07) is 3.97. The van der Waals surface area contributed by atoms with Crippen LogP contribution in [-0.4, -0.2) is 39.2 Å². The standard InChI is InChI=1S/C14H21N3O4S/c1-14(6-3-7-15-9-14)10-16-12-5-4-11(22(2,20)21)8-13(12)17(18)19/h4-5,8,15-16H,3,6-7,9-10H2,1-2H3. The van der Waals surface area contributed by atoms with Gasteiger partial charge in [0.1, 0.15) is 5.69 Å². The van der Waals surface area contributed by atoms with Crippen LogP contribution in [-0.2, 0) is 9.84 Å². The molecule has 8 heteroatoms. The number of rotatable bonds is 5. The van der Waals surface area contributed by atoms with Crippen LogP contribution >= 0.6 is 0 Å². The fourth-order valence-electron chi connectivity index (χ4n) is 2.62. The van der Waals surface area contributed by atoms with Gasteiger partial charge >= 0.3 is 0 Å². The Bertz CT molecular complexity index is 667. The van der Waals surface area contributed by atoms with Crippen LogP contribution in [0.1, 0.15) is 19.8 Å². The monoisotopic (exact) mass is 327 g/mol. The molecule has 0 spiro atoms. The highest BCUT2D eigenvalue weighted by molar-refractivity contribution is 7.90. The fourth-order valence-corrected chi connectivity index (χ4v) is 3.26. The molecule has 22 heavy (non-hydrogen) atoms. The lowest BCUT2D eigenvalue weighted by Crippen LogP contribution is -2.42. The van der Waals surface area contributed by atoms with Crippen molar-refractivity contribution in [3.63, 3.8) is 0 Å². The van der Waals surface area contributed by atoms with Crippen LogP contribution in [0.5, 0.6) is 0 Å². The Kier molecular flexibility index (Phi) is 4.72. The van der Waals surface area contributed by atoms with Crippen molar-refractivity contribution in [3.05, 3.63) is 28.3 Å². The third-order valence-electron chi connectivity index (χ3n) is 3.99. The second-order valence-corrected chi connectivity index (χ2v) is 8.17. The van der Waals surface area contributed by atoms with Crippen molar-refractivity contribution < 1.29 is 13.3 Å². The van der Waals surface area contributed by atoms with E-state index in [1.807, 2.05) is 0 Å². The quantitative estimate of drug-likeness (QED) is 0.631. The summed E-state index contributed by atoms with van der Waals surface area (Å²) < 4.78 is 23.0. The molecule has 0 radical (unpaired) electrons. The number of nitro benzene ring substituents is 1. The molecule has 2 rings (SSSR count). The molecule has 1 aliphatic heterocycles. The molecule has 0 saturated carbocycles. The van der Waals surface area contributed by atoms with Gasteiger partial charge in [-0.2, -0.15) is 0 Å². The van der Waals surface area contributed by atoms with Gasteiger partial charge in [-0.05, 0) is 36.9 Å². The molecule has 1 aromatic carbocycles. The third kappa shape index (κ3) is 3.95. The van der Waals surface area contributed by atoms with Gasteiger partial charge in [0.05, 0.1) is 9.82 Å². The van der Waals surface area contributed by atoms with E-state index in [2.05, 4.69) is 17.6 Å². The van der Waals surface area contributed by atoms with Crippen LogP contribution in [0.4, 0.5) is 11.4 Å². The maximum atomic E-state index is 11.5. The number of anilines is 1. The first kappa shape index (κ1) is 16.7. The van der Waals surface area contributed by atoms with E-state index in [1.54, 1.807) is 0 Å². The molecule has 2 N–H and O–H groups in total. The Hall–Kier alpha value is -1.67. The summed E-state index contributed by atoms with van der Waals surface area (Å²) in [5, 5.41) is 17.6. The number of piperidine rings is 1. The van der Waals surface area contributed by atoms with Gasteiger partial charge in [0, 0.05) is 25.4 Å². The number of nitrogens with one attached hydrogen (secondary N) is 2. The highest BCUT2D eigenvalue weighted by atomic mass is 32.2. The average molecular weight is 327 g/mol. The number of nitrogens with zero attached hydrogens (tertiary/aromatic N) is 1. The van der Waals surface area contributed by atoms with Gasteiger partial charge in [-0.25, -0.2) is 8.42 Å². The minimum Gasteiger partial charge on any atom is -0.379 e. The Morgan fingerprint density at radius 3 is 2.73 bits per heavy atom. The van der Waals surface area contributed by atoms with Crippen molar-refractivity contribution in [2.24, 2.45) is 5.41 Å². The van der Waals surface area contributed by atoms with E-state index in [-0.39, 0.29) is 16.0 Å². The molecular weight excluding hydrogens is 306 g/mol. The summed E-state index contributed by atoms with van der Waals surface area (Å²) in [7, 11) is -3.47. The molecular formula is C14H21N3O4S. The van der Waals surface area contributed by atoms with Crippen molar-refractivity contribution in [1.29, 1.82) is 0 Å². The summed E-state index contributed by atoms with van der Waals surface area (Å²) in [5.41, 5.74) is 0.168. The second kappa shape index (κ2) is 6.21. The molecule has 0 aliphatic carbocycles. The highest BCUT2D eigenvalue weighted by Crippen LogP contribution is 2.31. The number of benzene rings is 1.